The first-order valence-corrected chi connectivity index (χ1v) is 9.19. The number of anilines is 4. The minimum absolute atomic E-state index is 0.151. The van der Waals surface area contributed by atoms with Gasteiger partial charge in [0.25, 0.3) is 0 Å². The summed E-state index contributed by atoms with van der Waals surface area (Å²) in [5, 5.41) is 28.6. The molecule has 0 saturated heterocycles. The Labute approximate surface area is 180 Å². The van der Waals surface area contributed by atoms with Crippen LogP contribution >= 0.6 is 0 Å². The minimum atomic E-state index is -0.163. The van der Waals surface area contributed by atoms with Gasteiger partial charge in [-0.1, -0.05) is 0 Å². The van der Waals surface area contributed by atoms with Gasteiger partial charge in [0.15, 0.2) is 28.8 Å². The van der Waals surface area contributed by atoms with Crippen LogP contribution in [0.15, 0.2) is 69.0 Å². The number of nitrogens with zero attached hydrogens (tertiary/aromatic N) is 6. The van der Waals surface area contributed by atoms with Crippen molar-refractivity contribution in [2.24, 2.45) is 20.5 Å². The second-order valence-corrected chi connectivity index (χ2v) is 6.57. The lowest BCUT2D eigenvalue weighted by molar-refractivity contribution is 0.103. The van der Waals surface area contributed by atoms with Crippen molar-refractivity contribution >= 4 is 51.8 Å². The second kappa shape index (κ2) is 8.35. The third kappa shape index (κ3) is 4.11. The van der Waals surface area contributed by atoms with Gasteiger partial charge in [0, 0.05) is 11.1 Å². The van der Waals surface area contributed by atoms with E-state index >= 15 is 0 Å². The lowest BCUT2D eigenvalue weighted by atomic mass is 10.0. The van der Waals surface area contributed by atoms with Crippen molar-refractivity contribution in [1.29, 1.82) is 0 Å². The fourth-order valence-corrected chi connectivity index (χ4v) is 2.68. The Hall–Kier alpha value is -5.07. The molecule has 0 unspecified atom stereocenters. The fourth-order valence-electron chi connectivity index (χ4n) is 2.68. The van der Waals surface area contributed by atoms with Crippen LogP contribution in [0.2, 0.25) is 0 Å². The molecular weight excluding hydrogens is 412 g/mol. The summed E-state index contributed by atoms with van der Waals surface area (Å²) in [6, 6.07) is 13.2. The number of benzene rings is 2. The lowest BCUT2D eigenvalue weighted by Crippen LogP contribution is -2.00. The number of carbonyl (C=O) groups is 1. The van der Waals surface area contributed by atoms with Crippen LogP contribution in [0.25, 0.3) is 0 Å². The van der Waals surface area contributed by atoms with Crippen LogP contribution in [0.3, 0.4) is 0 Å². The van der Waals surface area contributed by atoms with Crippen molar-refractivity contribution in [2.45, 2.75) is 0 Å². The van der Waals surface area contributed by atoms with Gasteiger partial charge in [-0.3, -0.25) is 15.0 Å². The van der Waals surface area contributed by atoms with Crippen molar-refractivity contribution in [3.8, 4) is 0 Å². The zero-order valence-corrected chi connectivity index (χ0v) is 16.5. The molecule has 13 nitrogen and oxygen atoms in total. The van der Waals surface area contributed by atoms with E-state index in [1.807, 2.05) is 0 Å². The van der Waals surface area contributed by atoms with Gasteiger partial charge in [-0.25, -0.2) is 0 Å². The van der Waals surface area contributed by atoms with Gasteiger partial charge in [-0.05, 0) is 48.5 Å². The normalized spacial score (nSPS) is 11.5. The summed E-state index contributed by atoms with van der Waals surface area (Å²) < 4.78 is 0. The molecule has 0 radical (unpaired) electrons. The molecule has 0 spiro atoms. The molecule has 0 aliphatic rings. The molecule has 4 rings (SSSR count). The van der Waals surface area contributed by atoms with E-state index in [0.29, 0.717) is 22.5 Å². The number of aromatic nitrogens is 4. The topological polar surface area (TPSA) is 228 Å². The number of hydrogen-bond acceptors (Lipinski definition) is 11. The summed E-state index contributed by atoms with van der Waals surface area (Å²) in [5.41, 5.74) is 25.2. The van der Waals surface area contributed by atoms with Gasteiger partial charge in [0.2, 0.25) is 0 Å². The third-order valence-electron chi connectivity index (χ3n) is 4.38. The largest absolute Gasteiger partial charge is 0.382 e. The number of hydrogen-bond donors (Lipinski definition) is 6. The number of nitrogen functional groups attached to an aromatic ring is 4. The minimum Gasteiger partial charge on any atom is -0.382 e. The van der Waals surface area contributed by atoms with Crippen LogP contribution < -0.4 is 22.9 Å². The molecule has 0 saturated carbocycles. The van der Waals surface area contributed by atoms with Crippen LogP contribution in [0, 0.1) is 0 Å². The Morgan fingerprint density at radius 1 is 0.625 bits per heavy atom. The predicted molar refractivity (Wildman–Crippen MR) is 119 cm³/mol. The number of azo groups is 2. The van der Waals surface area contributed by atoms with Crippen molar-refractivity contribution < 1.29 is 4.79 Å². The van der Waals surface area contributed by atoms with Gasteiger partial charge in [-0.15, -0.1) is 10.2 Å². The first-order valence-electron chi connectivity index (χ1n) is 9.19. The maximum atomic E-state index is 12.7. The summed E-state index contributed by atoms with van der Waals surface area (Å²) in [6.07, 6.45) is 0. The van der Waals surface area contributed by atoms with Crippen LogP contribution in [0.5, 0.6) is 0 Å². The molecule has 10 N–H and O–H groups in total. The number of rotatable bonds is 6. The lowest BCUT2D eigenvalue weighted by Gasteiger charge is -2.02. The van der Waals surface area contributed by atoms with Gasteiger partial charge >= 0.3 is 0 Å². The zero-order chi connectivity index (χ0) is 22.7. The quantitative estimate of drug-likeness (QED) is 0.196. The number of nitrogens with one attached hydrogen (secondary N) is 2. The number of ketones is 1. The first-order chi connectivity index (χ1) is 15.4. The van der Waals surface area contributed by atoms with Crippen LogP contribution in [0.4, 0.5) is 46.0 Å². The first kappa shape index (κ1) is 20.2. The van der Waals surface area contributed by atoms with Crippen molar-refractivity contribution in [1.82, 2.24) is 20.4 Å². The van der Waals surface area contributed by atoms with E-state index in [4.69, 9.17) is 22.9 Å². The Morgan fingerprint density at radius 3 is 1.31 bits per heavy atom. The zero-order valence-electron chi connectivity index (χ0n) is 16.5. The van der Waals surface area contributed by atoms with E-state index in [1.54, 1.807) is 48.5 Å². The number of carbonyl (C=O) groups excluding carboxylic acids is 1. The maximum Gasteiger partial charge on any atom is 0.193 e. The molecule has 0 atom stereocenters. The highest BCUT2D eigenvalue weighted by Gasteiger charge is 2.10. The molecule has 0 aliphatic heterocycles. The number of nitrogens with two attached hydrogens (primary N) is 4. The van der Waals surface area contributed by atoms with Gasteiger partial charge < -0.3 is 22.9 Å². The average Bonchev–Trinajstić information content (AvgIpc) is 3.30. The highest BCUT2D eigenvalue weighted by atomic mass is 16.1. The molecule has 2 aromatic carbocycles. The summed E-state index contributed by atoms with van der Waals surface area (Å²) in [7, 11) is 0. The standard InChI is InChI=1S/C19H18N12O/c20-16-13(17(21)29-28-16)26-24-11-5-1-9(2-6-11)15(32)10-3-7-12(8-4-10)25-27-14-18(22)30-31-19(14)23/h1-8H,(H5,20,21,28,29)(H5,22,23,30,31)/b26-24+,27-25+. The summed E-state index contributed by atoms with van der Waals surface area (Å²) in [4.78, 5) is 12.7. The van der Waals surface area contributed by atoms with Crippen LogP contribution in [-0.4, -0.2) is 26.2 Å². The van der Waals surface area contributed by atoms with Crippen molar-refractivity contribution in [3.05, 3.63) is 59.7 Å². The summed E-state index contributed by atoms with van der Waals surface area (Å²) >= 11 is 0. The predicted octanol–water partition coefficient (Wildman–Crippen LogP) is 3.52. The molecule has 13 heteroatoms. The summed E-state index contributed by atoms with van der Waals surface area (Å²) in [5.74, 6) is 0.578. The van der Waals surface area contributed by atoms with Gasteiger partial charge in [-0.2, -0.15) is 20.4 Å². The van der Waals surface area contributed by atoms with E-state index < -0.39 is 0 Å². The molecule has 160 valence electrons. The van der Waals surface area contributed by atoms with Crippen molar-refractivity contribution in [2.75, 3.05) is 22.9 Å². The second-order valence-electron chi connectivity index (χ2n) is 6.57. The molecule has 0 aliphatic carbocycles. The van der Waals surface area contributed by atoms with Crippen molar-refractivity contribution in [3.63, 3.8) is 0 Å². The molecule has 0 bridgehead atoms. The van der Waals surface area contributed by atoms with Gasteiger partial charge in [0.1, 0.15) is 11.6 Å². The monoisotopic (exact) mass is 430 g/mol. The molecular formula is C19H18N12O. The maximum absolute atomic E-state index is 12.7. The van der Waals surface area contributed by atoms with Crippen LogP contribution in [-0.2, 0) is 0 Å². The molecule has 2 heterocycles. The highest BCUT2D eigenvalue weighted by molar-refractivity contribution is 6.09. The van der Waals surface area contributed by atoms with E-state index in [-0.39, 0.29) is 40.4 Å². The third-order valence-corrected chi connectivity index (χ3v) is 4.38. The van der Waals surface area contributed by atoms with E-state index in [1.165, 1.54) is 0 Å². The Balaban J connectivity index is 1.45. The van der Waals surface area contributed by atoms with E-state index in [2.05, 4.69) is 40.9 Å². The molecule has 2 aromatic heterocycles. The SMILES string of the molecule is Nc1n[nH]c(N)c1/N=N/c1ccc(C(=O)c2ccc(/N=N/c3c(N)n[nH]c3N)cc2)cc1. The van der Waals surface area contributed by atoms with Gasteiger partial charge in [0.05, 0.1) is 11.4 Å². The molecule has 0 amide bonds. The van der Waals surface area contributed by atoms with Crippen LogP contribution in [0.1, 0.15) is 15.9 Å². The molecule has 32 heavy (non-hydrogen) atoms. The molecule has 0 fully saturated rings. The Kier molecular flexibility index (Phi) is 5.27. The Morgan fingerprint density at radius 2 is 1.00 bits per heavy atom. The van der Waals surface area contributed by atoms with E-state index in [0.717, 1.165) is 0 Å². The Bertz CT molecular complexity index is 1170. The van der Waals surface area contributed by atoms with E-state index in [9.17, 15) is 4.79 Å². The fraction of sp³-hybridized carbons (Fsp3) is 0. The smallest absolute Gasteiger partial charge is 0.193 e. The highest BCUT2D eigenvalue weighted by Crippen LogP contribution is 2.29. The number of H-pyrrole nitrogens is 2. The molecule has 4 aromatic rings. The summed E-state index contributed by atoms with van der Waals surface area (Å²) in [6.45, 7) is 0. The average molecular weight is 430 g/mol. The number of aromatic amines is 2.